The third-order valence-corrected chi connectivity index (χ3v) is 2.64. The maximum atomic E-state index is 13.3. The van der Waals surface area contributed by atoms with Gasteiger partial charge in [0.25, 0.3) is 0 Å². The van der Waals surface area contributed by atoms with Crippen LogP contribution in [0, 0.1) is 17.8 Å². The molecule has 0 saturated carbocycles. The first kappa shape index (κ1) is 12.1. The molecule has 1 fully saturated rings. The molecule has 2 atom stereocenters. The average Bonchev–Trinajstić information content (AvgIpc) is 2.26. The second-order valence-electron chi connectivity index (χ2n) is 4.33. The van der Waals surface area contributed by atoms with E-state index in [2.05, 4.69) is 4.74 Å². The van der Waals surface area contributed by atoms with Crippen molar-refractivity contribution in [1.82, 2.24) is 0 Å². The number of ether oxygens (including phenoxy) is 1. The Morgan fingerprint density at radius 2 is 1.93 bits per heavy atom. The Balaban J connectivity index is 2.91. The Bertz CT molecular complexity index is 281. The smallest absolute Gasteiger partial charge is 0.317 e. The molecule has 0 N–H and O–H groups in total. The summed E-state index contributed by atoms with van der Waals surface area (Å²) in [5.41, 5.74) is 0. The standard InChI is InChI=1S/C10H14F2O3/c1-5(2)8(10(3,11)12)6-4-7(13)15-9(6)14/h5-6,8H,4H2,1-3H3. The maximum absolute atomic E-state index is 13.3. The molecule has 3 nitrogen and oxygen atoms in total. The largest absolute Gasteiger partial charge is 0.393 e. The van der Waals surface area contributed by atoms with Crippen LogP contribution in [0.3, 0.4) is 0 Å². The van der Waals surface area contributed by atoms with Gasteiger partial charge in [-0.3, -0.25) is 9.59 Å². The maximum Gasteiger partial charge on any atom is 0.317 e. The Morgan fingerprint density at radius 1 is 1.40 bits per heavy atom. The Morgan fingerprint density at radius 3 is 2.20 bits per heavy atom. The monoisotopic (exact) mass is 220 g/mol. The first-order valence-electron chi connectivity index (χ1n) is 4.85. The molecule has 1 saturated heterocycles. The number of esters is 2. The summed E-state index contributed by atoms with van der Waals surface area (Å²) in [6, 6.07) is 0. The fraction of sp³-hybridized carbons (Fsp3) is 0.800. The second kappa shape index (κ2) is 3.87. The SMILES string of the molecule is CC(C)C(C1CC(=O)OC1=O)C(C)(F)F. The number of hydrogen-bond donors (Lipinski definition) is 0. The number of hydrogen-bond acceptors (Lipinski definition) is 3. The average molecular weight is 220 g/mol. The van der Waals surface area contributed by atoms with E-state index >= 15 is 0 Å². The number of halogens is 2. The third kappa shape index (κ3) is 2.52. The predicted molar refractivity (Wildman–Crippen MR) is 48.2 cm³/mol. The summed E-state index contributed by atoms with van der Waals surface area (Å²) in [5, 5.41) is 0. The minimum atomic E-state index is -2.98. The van der Waals surface area contributed by atoms with Crippen molar-refractivity contribution in [2.75, 3.05) is 0 Å². The molecule has 1 heterocycles. The van der Waals surface area contributed by atoms with Crippen molar-refractivity contribution in [3.8, 4) is 0 Å². The van der Waals surface area contributed by atoms with Gasteiger partial charge in [0.05, 0.1) is 12.3 Å². The van der Waals surface area contributed by atoms with Gasteiger partial charge >= 0.3 is 11.9 Å². The van der Waals surface area contributed by atoms with Crippen LogP contribution in [-0.2, 0) is 14.3 Å². The molecule has 2 unspecified atom stereocenters. The highest BCUT2D eigenvalue weighted by Crippen LogP contribution is 2.40. The van der Waals surface area contributed by atoms with Gasteiger partial charge in [0.1, 0.15) is 0 Å². The van der Waals surface area contributed by atoms with Crippen LogP contribution >= 0.6 is 0 Å². The zero-order valence-electron chi connectivity index (χ0n) is 8.92. The predicted octanol–water partition coefficient (Wildman–Crippen LogP) is 2.00. The third-order valence-electron chi connectivity index (χ3n) is 2.64. The van der Waals surface area contributed by atoms with E-state index in [-0.39, 0.29) is 12.3 Å². The second-order valence-corrected chi connectivity index (χ2v) is 4.33. The van der Waals surface area contributed by atoms with E-state index in [1.807, 2.05) is 0 Å². The van der Waals surface area contributed by atoms with Crippen molar-refractivity contribution < 1.29 is 23.1 Å². The molecule has 0 aromatic rings. The van der Waals surface area contributed by atoms with Crippen molar-refractivity contribution in [2.24, 2.45) is 17.8 Å². The lowest BCUT2D eigenvalue weighted by Crippen LogP contribution is -2.37. The summed E-state index contributed by atoms with van der Waals surface area (Å²) in [4.78, 5) is 22.0. The minimum absolute atomic E-state index is 0.231. The lowest BCUT2D eigenvalue weighted by Gasteiger charge is -2.29. The van der Waals surface area contributed by atoms with Gasteiger partial charge in [-0.05, 0) is 12.8 Å². The van der Waals surface area contributed by atoms with E-state index in [0.29, 0.717) is 0 Å². The molecule has 1 aliphatic rings. The lowest BCUT2D eigenvalue weighted by molar-refractivity contribution is -0.157. The van der Waals surface area contributed by atoms with Gasteiger partial charge in [-0.1, -0.05) is 13.8 Å². The highest BCUT2D eigenvalue weighted by atomic mass is 19.3. The molecule has 5 heteroatoms. The van der Waals surface area contributed by atoms with Gasteiger partial charge in [-0.15, -0.1) is 0 Å². The van der Waals surface area contributed by atoms with Crippen molar-refractivity contribution in [2.45, 2.75) is 33.1 Å². The summed E-state index contributed by atoms with van der Waals surface area (Å²) in [6.07, 6.45) is -0.231. The van der Waals surface area contributed by atoms with Crippen LogP contribution in [-0.4, -0.2) is 17.9 Å². The molecule has 86 valence electrons. The molecule has 15 heavy (non-hydrogen) atoms. The molecule has 0 aromatic heterocycles. The van der Waals surface area contributed by atoms with Crippen LogP contribution in [0.15, 0.2) is 0 Å². The fourth-order valence-corrected chi connectivity index (χ4v) is 2.17. The van der Waals surface area contributed by atoms with E-state index < -0.39 is 29.7 Å². The summed E-state index contributed by atoms with van der Waals surface area (Å²) in [5.74, 6) is -7.04. The van der Waals surface area contributed by atoms with Gasteiger partial charge in [-0.2, -0.15) is 0 Å². The summed E-state index contributed by atoms with van der Waals surface area (Å²) < 4.78 is 30.8. The van der Waals surface area contributed by atoms with Crippen molar-refractivity contribution in [3.05, 3.63) is 0 Å². The van der Waals surface area contributed by atoms with Crippen LogP contribution in [0.1, 0.15) is 27.2 Å². The number of rotatable bonds is 3. The molecule has 0 aromatic carbocycles. The van der Waals surface area contributed by atoms with Crippen LogP contribution in [0.5, 0.6) is 0 Å². The van der Waals surface area contributed by atoms with E-state index in [0.717, 1.165) is 6.92 Å². The molecule has 0 aliphatic carbocycles. The van der Waals surface area contributed by atoms with Crippen LogP contribution in [0.25, 0.3) is 0 Å². The molecule has 1 rings (SSSR count). The van der Waals surface area contributed by atoms with Crippen LogP contribution in [0.4, 0.5) is 8.78 Å². The Labute approximate surface area is 86.8 Å². The van der Waals surface area contributed by atoms with Gasteiger partial charge in [0, 0.05) is 5.92 Å². The number of cyclic esters (lactones) is 2. The summed E-state index contributed by atoms with van der Waals surface area (Å²) >= 11 is 0. The number of carbonyl (C=O) groups excluding carboxylic acids is 2. The van der Waals surface area contributed by atoms with Crippen molar-refractivity contribution in [1.29, 1.82) is 0 Å². The van der Waals surface area contributed by atoms with E-state index in [9.17, 15) is 18.4 Å². The van der Waals surface area contributed by atoms with Gasteiger partial charge in [0.2, 0.25) is 5.92 Å². The van der Waals surface area contributed by atoms with Gasteiger partial charge < -0.3 is 4.74 Å². The van der Waals surface area contributed by atoms with Gasteiger partial charge in [0.15, 0.2) is 0 Å². The number of alkyl halides is 2. The number of carbonyl (C=O) groups is 2. The van der Waals surface area contributed by atoms with E-state index in [4.69, 9.17) is 0 Å². The molecule has 0 radical (unpaired) electrons. The fourth-order valence-electron chi connectivity index (χ4n) is 2.17. The zero-order valence-corrected chi connectivity index (χ0v) is 8.92. The quantitative estimate of drug-likeness (QED) is 0.539. The molecule has 0 spiro atoms. The summed E-state index contributed by atoms with van der Waals surface area (Å²) in [6.45, 7) is 3.99. The molecular weight excluding hydrogens is 206 g/mol. The minimum Gasteiger partial charge on any atom is -0.393 e. The first-order chi connectivity index (χ1) is 6.73. The van der Waals surface area contributed by atoms with Crippen molar-refractivity contribution >= 4 is 11.9 Å². The highest BCUT2D eigenvalue weighted by Gasteiger charge is 2.49. The van der Waals surface area contributed by atoms with E-state index in [1.165, 1.54) is 0 Å². The van der Waals surface area contributed by atoms with Gasteiger partial charge in [-0.25, -0.2) is 8.78 Å². The highest BCUT2D eigenvalue weighted by molar-refractivity contribution is 5.94. The summed E-state index contributed by atoms with van der Waals surface area (Å²) in [7, 11) is 0. The molecule has 0 bridgehead atoms. The normalized spacial score (nSPS) is 24.5. The Hall–Kier alpha value is -1.00. The van der Waals surface area contributed by atoms with Crippen LogP contribution < -0.4 is 0 Å². The molecule has 0 amide bonds. The Kier molecular flexibility index (Phi) is 3.11. The van der Waals surface area contributed by atoms with Crippen LogP contribution in [0.2, 0.25) is 0 Å². The lowest BCUT2D eigenvalue weighted by atomic mass is 9.78. The molecular formula is C10H14F2O3. The topological polar surface area (TPSA) is 43.4 Å². The first-order valence-corrected chi connectivity index (χ1v) is 4.85. The zero-order chi connectivity index (χ0) is 11.8. The molecule has 1 aliphatic heterocycles. The van der Waals surface area contributed by atoms with E-state index in [1.54, 1.807) is 13.8 Å². The van der Waals surface area contributed by atoms with Crippen molar-refractivity contribution in [3.63, 3.8) is 0 Å².